The van der Waals surface area contributed by atoms with E-state index < -0.39 is 0 Å². The van der Waals surface area contributed by atoms with Crippen LogP contribution in [-0.2, 0) is 24.9 Å². The lowest BCUT2D eigenvalue weighted by atomic mass is 9.96. The zero-order valence-corrected chi connectivity index (χ0v) is 26.5. The molecular formula is C36H44N4O4. The lowest BCUT2D eigenvalue weighted by molar-refractivity contribution is -0.0242. The van der Waals surface area contributed by atoms with Crippen molar-refractivity contribution in [3.8, 4) is 16.9 Å². The first-order valence-corrected chi connectivity index (χ1v) is 15.6. The Morgan fingerprint density at radius 3 is 2.66 bits per heavy atom. The third-order valence-electron chi connectivity index (χ3n) is 9.29. The summed E-state index contributed by atoms with van der Waals surface area (Å²) in [6.45, 7) is 7.87. The Morgan fingerprint density at radius 2 is 1.84 bits per heavy atom. The van der Waals surface area contributed by atoms with Crippen LogP contribution in [0.15, 0.2) is 66.7 Å². The maximum atomic E-state index is 14.6. The Bertz CT molecular complexity index is 1650. The van der Waals surface area contributed by atoms with Gasteiger partial charge in [0.05, 0.1) is 37.6 Å². The molecule has 232 valence electrons. The number of fused-ring (bicyclic) bond motifs is 6. The highest BCUT2D eigenvalue weighted by Crippen LogP contribution is 2.38. The second-order valence-electron chi connectivity index (χ2n) is 12.5. The van der Waals surface area contributed by atoms with Crippen LogP contribution in [0, 0.1) is 5.92 Å². The SMILES string of the molecule is C[C@H]1CN([C@@H](C)CO)C(=O)c2c(c3ccccc3n2C)-c2ccccc2CO[C@H]1CN(C)Cc1ccc2c(c1)OCCN2C. The highest BCUT2D eigenvalue weighted by atomic mass is 16.5. The van der Waals surface area contributed by atoms with Crippen LogP contribution in [0.1, 0.15) is 35.5 Å². The molecule has 3 heterocycles. The molecule has 8 heteroatoms. The molecule has 1 amide bonds. The van der Waals surface area contributed by atoms with Crippen molar-refractivity contribution in [1.82, 2.24) is 14.4 Å². The summed E-state index contributed by atoms with van der Waals surface area (Å²) in [5.74, 6) is 0.870. The minimum atomic E-state index is -0.348. The Kier molecular flexibility index (Phi) is 8.67. The van der Waals surface area contributed by atoms with Gasteiger partial charge in [0.15, 0.2) is 0 Å². The minimum Gasteiger partial charge on any atom is -0.490 e. The third kappa shape index (κ3) is 5.70. The summed E-state index contributed by atoms with van der Waals surface area (Å²) in [5.41, 5.74) is 6.93. The summed E-state index contributed by atoms with van der Waals surface area (Å²) in [6, 6.07) is 22.5. The smallest absolute Gasteiger partial charge is 0.271 e. The predicted octanol–water partition coefficient (Wildman–Crippen LogP) is 5.16. The highest BCUT2D eigenvalue weighted by Gasteiger charge is 2.33. The second-order valence-corrected chi connectivity index (χ2v) is 12.5. The van der Waals surface area contributed by atoms with E-state index in [0.717, 1.165) is 52.1 Å². The number of carbonyl (C=O) groups is 1. The molecule has 3 atom stereocenters. The van der Waals surface area contributed by atoms with Gasteiger partial charge in [0.25, 0.3) is 5.91 Å². The van der Waals surface area contributed by atoms with Crippen molar-refractivity contribution in [2.24, 2.45) is 13.0 Å². The number of para-hydroxylation sites is 1. The van der Waals surface area contributed by atoms with E-state index >= 15 is 0 Å². The number of amides is 1. The summed E-state index contributed by atoms with van der Waals surface area (Å²) in [6.07, 6.45) is -0.146. The van der Waals surface area contributed by atoms with Gasteiger partial charge in [-0.25, -0.2) is 0 Å². The number of aliphatic hydroxyl groups is 1. The molecule has 0 bridgehead atoms. The van der Waals surface area contributed by atoms with Crippen LogP contribution in [0.4, 0.5) is 5.69 Å². The summed E-state index contributed by atoms with van der Waals surface area (Å²) in [7, 11) is 6.17. The molecule has 3 aromatic carbocycles. The van der Waals surface area contributed by atoms with Crippen molar-refractivity contribution < 1.29 is 19.4 Å². The molecule has 0 spiro atoms. The number of aliphatic hydroxyl groups excluding tert-OH is 1. The molecule has 4 aromatic rings. The van der Waals surface area contributed by atoms with Crippen LogP contribution in [0.3, 0.4) is 0 Å². The third-order valence-corrected chi connectivity index (χ3v) is 9.29. The van der Waals surface area contributed by atoms with Crippen LogP contribution in [0.5, 0.6) is 5.75 Å². The molecule has 0 aliphatic carbocycles. The summed E-state index contributed by atoms with van der Waals surface area (Å²) < 4.78 is 14.7. The number of nitrogens with zero attached hydrogens (tertiary/aromatic N) is 4. The van der Waals surface area contributed by atoms with E-state index in [2.05, 4.69) is 73.3 Å². The maximum absolute atomic E-state index is 14.6. The van der Waals surface area contributed by atoms with Crippen LogP contribution >= 0.6 is 0 Å². The van der Waals surface area contributed by atoms with Crippen molar-refractivity contribution in [2.45, 2.75) is 39.1 Å². The standard InChI is InChI=1S/C36H44N4O4/c1-24-19-40(25(2)22-41)36(42)35-34(29-12-8-9-13-30(29)39(35)5)28-11-7-6-10-27(28)23-44-33(24)21-37(3)20-26-14-15-31-32(18-26)43-17-16-38(31)4/h6-15,18,24-25,33,41H,16-17,19-23H2,1-5H3/t24-,25-,33-/m0/s1. The van der Waals surface area contributed by atoms with Crippen LogP contribution in [-0.4, -0.2) is 84.5 Å². The van der Waals surface area contributed by atoms with Gasteiger partial charge in [-0.1, -0.05) is 55.5 Å². The van der Waals surface area contributed by atoms with Gasteiger partial charge in [0.2, 0.25) is 0 Å². The van der Waals surface area contributed by atoms with Gasteiger partial charge in [0.1, 0.15) is 18.1 Å². The van der Waals surface area contributed by atoms with Gasteiger partial charge < -0.3 is 28.9 Å². The summed E-state index contributed by atoms with van der Waals surface area (Å²) in [5, 5.41) is 11.3. The second kappa shape index (κ2) is 12.6. The number of benzene rings is 3. The number of hydrogen-bond donors (Lipinski definition) is 1. The number of rotatable bonds is 6. The fourth-order valence-corrected chi connectivity index (χ4v) is 6.71. The van der Waals surface area contributed by atoms with Gasteiger partial charge in [0, 0.05) is 56.1 Å². The lowest BCUT2D eigenvalue weighted by Gasteiger charge is -2.35. The van der Waals surface area contributed by atoms with E-state index in [-0.39, 0.29) is 30.6 Å². The van der Waals surface area contributed by atoms with Crippen LogP contribution in [0.2, 0.25) is 0 Å². The largest absolute Gasteiger partial charge is 0.490 e. The molecule has 44 heavy (non-hydrogen) atoms. The first-order valence-electron chi connectivity index (χ1n) is 15.6. The van der Waals surface area contributed by atoms with Crippen LogP contribution < -0.4 is 9.64 Å². The molecule has 1 aromatic heterocycles. The number of aryl methyl sites for hydroxylation is 1. The Morgan fingerprint density at radius 1 is 1.07 bits per heavy atom. The zero-order valence-electron chi connectivity index (χ0n) is 26.5. The first-order chi connectivity index (χ1) is 21.3. The van der Waals surface area contributed by atoms with Gasteiger partial charge in [-0.15, -0.1) is 0 Å². The van der Waals surface area contributed by atoms with Gasteiger partial charge >= 0.3 is 0 Å². The molecule has 0 saturated carbocycles. The number of hydrogen-bond acceptors (Lipinski definition) is 6. The number of ether oxygens (including phenoxy) is 2. The molecule has 8 nitrogen and oxygen atoms in total. The van der Waals surface area contributed by atoms with E-state index in [1.54, 1.807) is 0 Å². The number of likely N-dealkylation sites (N-methyl/N-ethyl adjacent to an activating group) is 2. The van der Waals surface area contributed by atoms with Crippen molar-refractivity contribution in [3.63, 3.8) is 0 Å². The normalized spacial score (nSPS) is 19.7. The average molecular weight is 597 g/mol. The monoisotopic (exact) mass is 596 g/mol. The quantitative estimate of drug-likeness (QED) is 0.332. The Hall–Kier alpha value is -3.85. The van der Waals surface area contributed by atoms with Crippen molar-refractivity contribution in [3.05, 3.63) is 83.6 Å². The molecule has 0 unspecified atom stereocenters. The van der Waals surface area contributed by atoms with E-state index in [1.165, 1.54) is 5.56 Å². The first kappa shape index (κ1) is 30.2. The van der Waals surface area contributed by atoms with Crippen molar-refractivity contribution in [1.29, 1.82) is 0 Å². The predicted molar refractivity (Wildman–Crippen MR) is 175 cm³/mol. The Labute approximate surface area is 260 Å². The number of carbonyl (C=O) groups excluding carboxylic acids is 1. The fraction of sp³-hybridized carbons (Fsp3) is 0.417. The molecule has 2 aliphatic heterocycles. The van der Waals surface area contributed by atoms with Gasteiger partial charge in [-0.2, -0.15) is 0 Å². The van der Waals surface area contributed by atoms with E-state index in [1.807, 2.05) is 47.7 Å². The molecule has 0 fully saturated rings. The topological polar surface area (TPSA) is 70.4 Å². The van der Waals surface area contributed by atoms with Gasteiger partial charge in [-0.3, -0.25) is 9.69 Å². The number of anilines is 1. The van der Waals surface area contributed by atoms with Crippen molar-refractivity contribution >= 4 is 22.5 Å². The average Bonchev–Trinajstić information content (AvgIpc) is 3.32. The molecule has 1 N–H and O–H groups in total. The minimum absolute atomic E-state index is 0.0133. The summed E-state index contributed by atoms with van der Waals surface area (Å²) >= 11 is 0. The number of aromatic nitrogens is 1. The Balaban J connectivity index is 1.34. The fourth-order valence-electron chi connectivity index (χ4n) is 6.71. The van der Waals surface area contributed by atoms with E-state index in [4.69, 9.17) is 9.47 Å². The highest BCUT2D eigenvalue weighted by molar-refractivity contribution is 6.10. The maximum Gasteiger partial charge on any atom is 0.271 e. The molecule has 0 radical (unpaired) electrons. The van der Waals surface area contributed by atoms with E-state index in [9.17, 15) is 9.90 Å². The summed E-state index contributed by atoms with van der Waals surface area (Å²) in [4.78, 5) is 20.9. The molecular weight excluding hydrogens is 552 g/mol. The van der Waals surface area contributed by atoms with Crippen LogP contribution in [0.25, 0.3) is 22.0 Å². The molecule has 6 rings (SSSR count). The lowest BCUT2D eigenvalue weighted by Crippen LogP contribution is -2.47. The molecule has 2 aliphatic rings. The zero-order chi connectivity index (χ0) is 31.0. The van der Waals surface area contributed by atoms with E-state index in [0.29, 0.717) is 32.0 Å². The molecule has 0 saturated heterocycles. The van der Waals surface area contributed by atoms with Gasteiger partial charge in [-0.05, 0) is 48.9 Å². The van der Waals surface area contributed by atoms with Crippen molar-refractivity contribution in [2.75, 3.05) is 51.8 Å².